The van der Waals surface area contributed by atoms with Crippen LogP contribution >= 0.6 is 11.3 Å². The molecule has 0 atom stereocenters. The first-order valence-electron chi connectivity index (χ1n) is 5.18. The van der Waals surface area contributed by atoms with Crippen molar-refractivity contribution < 1.29 is 4.74 Å². The van der Waals surface area contributed by atoms with E-state index in [1.807, 2.05) is 13.0 Å². The molecule has 0 saturated carbocycles. The molecule has 0 unspecified atom stereocenters. The lowest BCUT2D eigenvalue weighted by Gasteiger charge is -2.02. The van der Waals surface area contributed by atoms with E-state index in [4.69, 9.17) is 10.5 Å². The summed E-state index contributed by atoms with van der Waals surface area (Å²) in [6.07, 6.45) is 0.952. The molecule has 0 aliphatic heterocycles. The van der Waals surface area contributed by atoms with Gasteiger partial charge >= 0.3 is 0 Å². The molecule has 0 amide bonds. The summed E-state index contributed by atoms with van der Waals surface area (Å²) in [5.41, 5.74) is 6.92. The van der Waals surface area contributed by atoms with E-state index >= 15 is 0 Å². The van der Waals surface area contributed by atoms with E-state index in [0.29, 0.717) is 13.2 Å². The molecule has 0 bridgehead atoms. The van der Waals surface area contributed by atoms with Crippen molar-refractivity contribution >= 4 is 21.4 Å². The Hall–Kier alpha value is -1.06. The fourth-order valence-electron chi connectivity index (χ4n) is 1.67. The summed E-state index contributed by atoms with van der Waals surface area (Å²) in [6, 6.07) is 6.25. The SMILES string of the molecule is CCOc1ccc2c(CCN)csc2c1. The van der Waals surface area contributed by atoms with Crippen molar-refractivity contribution in [3.63, 3.8) is 0 Å². The number of fused-ring (bicyclic) bond motifs is 1. The van der Waals surface area contributed by atoms with E-state index in [0.717, 1.165) is 12.2 Å². The van der Waals surface area contributed by atoms with Crippen LogP contribution in [-0.4, -0.2) is 13.2 Å². The molecule has 0 aliphatic rings. The van der Waals surface area contributed by atoms with Gasteiger partial charge in [0.15, 0.2) is 0 Å². The summed E-state index contributed by atoms with van der Waals surface area (Å²) < 4.78 is 6.75. The Balaban J connectivity index is 2.38. The predicted octanol–water partition coefficient (Wildman–Crippen LogP) is 2.80. The second-order valence-corrected chi connectivity index (χ2v) is 4.30. The zero-order valence-electron chi connectivity index (χ0n) is 8.82. The van der Waals surface area contributed by atoms with E-state index in [2.05, 4.69) is 17.5 Å². The minimum absolute atomic E-state index is 0.707. The lowest BCUT2D eigenvalue weighted by molar-refractivity contribution is 0.341. The number of benzene rings is 1. The number of hydrogen-bond acceptors (Lipinski definition) is 3. The first-order valence-corrected chi connectivity index (χ1v) is 6.06. The van der Waals surface area contributed by atoms with Gasteiger partial charge in [0.1, 0.15) is 5.75 Å². The first kappa shape index (κ1) is 10.5. The van der Waals surface area contributed by atoms with E-state index in [9.17, 15) is 0 Å². The van der Waals surface area contributed by atoms with Crippen LogP contribution in [-0.2, 0) is 6.42 Å². The van der Waals surface area contributed by atoms with Gasteiger partial charge in [-0.1, -0.05) is 0 Å². The molecule has 0 spiro atoms. The van der Waals surface area contributed by atoms with Gasteiger partial charge in [0.2, 0.25) is 0 Å². The number of hydrogen-bond donors (Lipinski definition) is 1. The molecule has 2 aromatic rings. The van der Waals surface area contributed by atoms with Crippen LogP contribution in [0, 0.1) is 0 Å². The Labute approximate surface area is 93.7 Å². The van der Waals surface area contributed by atoms with Crippen LogP contribution in [0.2, 0.25) is 0 Å². The number of nitrogens with two attached hydrogens (primary N) is 1. The molecular formula is C12H15NOS. The summed E-state index contributed by atoms with van der Waals surface area (Å²) in [5.74, 6) is 0.950. The van der Waals surface area contributed by atoms with Crippen molar-refractivity contribution in [1.82, 2.24) is 0 Å². The highest BCUT2D eigenvalue weighted by atomic mass is 32.1. The Morgan fingerprint density at radius 2 is 2.27 bits per heavy atom. The summed E-state index contributed by atoms with van der Waals surface area (Å²) in [4.78, 5) is 0. The standard InChI is InChI=1S/C12H15NOS/c1-2-14-10-3-4-11-9(5-6-13)8-15-12(11)7-10/h3-4,7-8H,2,5-6,13H2,1H3. The molecule has 1 aromatic carbocycles. The monoisotopic (exact) mass is 221 g/mol. The van der Waals surface area contributed by atoms with Gasteiger partial charge in [0.05, 0.1) is 6.61 Å². The minimum atomic E-state index is 0.707. The molecule has 0 radical (unpaired) electrons. The maximum absolute atomic E-state index is 5.57. The van der Waals surface area contributed by atoms with Crippen LogP contribution in [0.5, 0.6) is 5.75 Å². The van der Waals surface area contributed by atoms with Gasteiger partial charge in [-0.3, -0.25) is 0 Å². The fraction of sp³-hybridized carbons (Fsp3) is 0.333. The smallest absolute Gasteiger partial charge is 0.120 e. The summed E-state index contributed by atoms with van der Waals surface area (Å²) >= 11 is 1.76. The first-order chi connectivity index (χ1) is 7.35. The van der Waals surface area contributed by atoms with E-state index in [1.54, 1.807) is 11.3 Å². The van der Waals surface area contributed by atoms with Crippen molar-refractivity contribution in [2.45, 2.75) is 13.3 Å². The largest absolute Gasteiger partial charge is 0.494 e. The molecule has 0 saturated heterocycles. The van der Waals surface area contributed by atoms with Crippen LogP contribution in [0.15, 0.2) is 23.6 Å². The van der Waals surface area contributed by atoms with Gasteiger partial charge in [-0.05, 0) is 54.4 Å². The highest BCUT2D eigenvalue weighted by Crippen LogP contribution is 2.29. The molecule has 15 heavy (non-hydrogen) atoms. The van der Waals surface area contributed by atoms with Crippen molar-refractivity contribution in [2.24, 2.45) is 5.73 Å². The normalized spacial score (nSPS) is 10.8. The van der Waals surface area contributed by atoms with Crippen LogP contribution < -0.4 is 10.5 Å². The highest BCUT2D eigenvalue weighted by molar-refractivity contribution is 7.17. The Morgan fingerprint density at radius 1 is 1.40 bits per heavy atom. The van der Waals surface area contributed by atoms with Crippen molar-refractivity contribution in [3.05, 3.63) is 29.1 Å². The Kier molecular flexibility index (Phi) is 3.23. The average Bonchev–Trinajstić information content (AvgIpc) is 2.62. The van der Waals surface area contributed by atoms with Crippen LogP contribution in [0.25, 0.3) is 10.1 Å². The fourth-order valence-corrected chi connectivity index (χ4v) is 2.69. The highest BCUT2D eigenvalue weighted by Gasteiger charge is 2.04. The van der Waals surface area contributed by atoms with Gasteiger partial charge in [0, 0.05) is 4.70 Å². The molecule has 2 N–H and O–H groups in total. The summed E-state index contributed by atoms with van der Waals surface area (Å²) in [7, 11) is 0. The maximum atomic E-state index is 5.57. The molecule has 2 nitrogen and oxygen atoms in total. The Morgan fingerprint density at radius 3 is 3.00 bits per heavy atom. The van der Waals surface area contributed by atoms with Crippen LogP contribution in [0.4, 0.5) is 0 Å². The zero-order chi connectivity index (χ0) is 10.7. The van der Waals surface area contributed by atoms with E-state index in [1.165, 1.54) is 15.6 Å². The van der Waals surface area contributed by atoms with Gasteiger partial charge in [-0.2, -0.15) is 0 Å². The second-order valence-electron chi connectivity index (χ2n) is 3.39. The van der Waals surface area contributed by atoms with Gasteiger partial charge in [-0.25, -0.2) is 0 Å². The van der Waals surface area contributed by atoms with Crippen molar-refractivity contribution in [2.75, 3.05) is 13.2 Å². The molecule has 1 heterocycles. The Bertz CT molecular complexity index is 450. The van der Waals surface area contributed by atoms with Crippen molar-refractivity contribution in [1.29, 1.82) is 0 Å². The number of ether oxygens (including phenoxy) is 1. The molecule has 2 rings (SSSR count). The summed E-state index contributed by atoms with van der Waals surface area (Å²) in [5, 5.41) is 3.50. The molecule has 3 heteroatoms. The third-order valence-corrected chi connectivity index (χ3v) is 3.35. The molecule has 1 aromatic heterocycles. The number of rotatable bonds is 4. The lowest BCUT2D eigenvalue weighted by Crippen LogP contribution is -2.01. The molecule has 80 valence electrons. The molecule has 0 fully saturated rings. The topological polar surface area (TPSA) is 35.2 Å². The van der Waals surface area contributed by atoms with Gasteiger partial charge in [-0.15, -0.1) is 11.3 Å². The zero-order valence-corrected chi connectivity index (χ0v) is 9.64. The molecule has 0 aliphatic carbocycles. The lowest BCUT2D eigenvalue weighted by atomic mass is 10.1. The summed E-state index contributed by atoms with van der Waals surface area (Å²) in [6.45, 7) is 3.42. The number of thiophene rings is 1. The van der Waals surface area contributed by atoms with Crippen molar-refractivity contribution in [3.8, 4) is 5.75 Å². The van der Waals surface area contributed by atoms with Gasteiger partial charge < -0.3 is 10.5 Å². The molecular weight excluding hydrogens is 206 g/mol. The third kappa shape index (κ3) is 2.13. The maximum Gasteiger partial charge on any atom is 0.120 e. The quantitative estimate of drug-likeness (QED) is 0.861. The average molecular weight is 221 g/mol. The van der Waals surface area contributed by atoms with E-state index < -0.39 is 0 Å². The minimum Gasteiger partial charge on any atom is -0.494 e. The van der Waals surface area contributed by atoms with Gasteiger partial charge in [0.25, 0.3) is 0 Å². The predicted molar refractivity (Wildman–Crippen MR) is 65.8 cm³/mol. The van der Waals surface area contributed by atoms with Crippen LogP contribution in [0.3, 0.4) is 0 Å². The van der Waals surface area contributed by atoms with Crippen LogP contribution in [0.1, 0.15) is 12.5 Å². The second kappa shape index (κ2) is 4.64. The third-order valence-electron chi connectivity index (χ3n) is 2.35. The van der Waals surface area contributed by atoms with E-state index in [-0.39, 0.29) is 0 Å².